The second kappa shape index (κ2) is 5.30. The highest BCUT2D eigenvalue weighted by molar-refractivity contribution is 4.98. The molecule has 0 radical (unpaired) electrons. The molecule has 1 aromatic rings. The van der Waals surface area contributed by atoms with E-state index < -0.39 is 12.1 Å². The quantitative estimate of drug-likeness (QED) is 0.906. The topological polar surface area (TPSA) is 29.9 Å². The molecule has 0 aliphatic heterocycles. The molecule has 1 aromatic heterocycles. The zero-order valence-electron chi connectivity index (χ0n) is 10.4. The van der Waals surface area contributed by atoms with Gasteiger partial charge in [-0.3, -0.25) is 4.68 Å². The highest BCUT2D eigenvalue weighted by atomic mass is 19.4. The molecule has 1 aliphatic rings. The third kappa shape index (κ3) is 3.48. The molecule has 1 heterocycles. The smallest absolute Gasteiger partial charge is 0.308 e. The molecule has 1 fully saturated rings. The monoisotopic (exact) mass is 261 g/mol. The Balaban J connectivity index is 1.83. The predicted molar refractivity (Wildman–Crippen MR) is 61.8 cm³/mol. The van der Waals surface area contributed by atoms with Crippen LogP contribution in [0, 0.1) is 5.92 Å². The summed E-state index contributed by atoms with van der Waals surface area (Å²) in [6.07, 6.45) is -0.299. The van der Waals surface area contributed by atoms with E-state index in [0.717, 1.165) is 12.1 Å². The van der Waals surface area contributed by atoms with Crippen LogP contribution in [0.5, 0.6) is 0 Å². The number of hydrogen-bond acceptors (Lipinski definition) is 2. The van der Waals surface area contributed by atoms with E-state index in [2.05, 4.69) is 10.4 Å². The van der Waals surface area contributed by atoms with Crippen LogP contribution in [0.15, 0.2) is 12.3 Å². The highest BCUT2D eigenvalue weighted by Crippen LogP contribution is 2.37. The summed E-state index contributed by atoms with van der Waals surface area (Å²) in [4.78, 5) is 0. The van der Waals surface area contributed by atoms with Gasteiger partial charge in [0.1, 0.15) is 0 Å². The van der Waals surface area contributed by atoms with E-state index in [9.17, 15) is 13.2 Å². The first-order valence-electron chi connectivity index (χ1n) is 6.24. The second-order valence-electron chi connectivity index (χ2n) is 4.96. The van der Waals surface area contributed by atoms with Crippen molar-refractivity contribution in [2.24, 2.45) is 13.0 Å². The predicted octanol–water partition coefficient (Wildman–Crippen LogP) is 2.63. The maximum Gasteiger partial charge on any atom is 0.391 e. The van der Waals surface area contributed by atoms with Crippen molar-refractivity contribution < 1.29 is 13.2 Å². The summed E-state index contributed by atoms with van der Waals surface area (Å²) >= 11 is 0. The first-order valence-corrected chi connectivity index (χ1v) is 6.24. The summed E-state index contributed by atoms with van der Waals surface area (Å²) in [7, 11) is 1.82. The van der Waals surface area contributed by atoms with Gasteiger partial charge in [-0.05, 0) is 25.3 Å². The number of hydrogen-bond donors (Lipinski definition) is 1. The van der Waals surface area contributed by atoms with Crippen molar-refractivity contribution in [3.05, 3.63) is 18.0 Å². The fourth-order valence-corrected chi connectivity index (χ4v) is 2.48. The van der Waals surface area contributed by atoms with Gasteiger partial charge in [-0.1, -0.05) is 6.42 Å². The zero-order valence-corrected chi connectivity index (χ0v) is 10.4. The third-order valence-corrected chi connectivity index (χ3v) is 3.48. The van der Waals surface area contributed by atoms with E-state index in [1.807, 2.05) is 19.3 Å². The van der Waals surface area contributed by atoms with Crippen LogP contribution < -0.4 is 5.32 Å². The molecule has 2 unspecified atom stereocenters. The van der Waals surface area contributed by atoms with Gasteiger partial charge in [0.2, 0.25) is 0 Å². The van der Waals surface area contributed by atoms with Crippen molar-refractivity contribution in [3.63, 3.8) is 0 Å². The molecule has 1 aliphatic carbocycles. The molecular formula is C12H18F3N3. The normalized spacial score (nSPS) is 25.3. The SMILES string of the molecule is Cn1ccc(CNC2CCCC(C(F)(F)F)C2)n1. The van der Waals surface area contributed by atoms with Gasteiger partial charge in [-0.15, -0.1) is 0 Å². The van der Waals surface area contributed by atoms with E-state index in [4.69, 9.17) is 0 Å². The number of alkyl halides is 3. The van der Waals surface area contributed by atoms with E-state index >= 15 is 0 Å². The Morgan fingerprint density at radius 3 is 2.83 bits per heavy atom. The molecule has 102 valence electrons. The lowest BCUT2D eigenvalue weighted by atomic mass is 9.85. The van der Waals surface area contributed by atoms with Gasteiger partial charge in [0, 0.05) is 25.8 Å². The Hall–Kier alpha value is -1.04. The van der Waals surface area contributed by atoms with Crippen LogP contribution in [0.4, 0.5) is 13.2 Å². The van der Waals surface area contributed by atoms with Crippen molar-refractivity contribution in [2.45, 2.75) is 44.4 Å². The Labute approximate surface area is 104 Å². The van der Waals surface area contributed by atoms with Crippen molar-refractivity contribution in [1.82, 2.24) is 15.1 Å². The summed E-state index contributed by atoms with van der Waals surface area (Å²) in [5.74, 6) is -1.15. The first kappa shape index (κ1) is 13.4. The third-order valence-electron chi connectivity index (χ3n) is 3.48. The lowest BCUT2D eigenvalue weighted by molar-refractivity contribution is -0.183. The number of halogens is 3. The molecule has 2 atom stereocenters. The Kier molecular flexibility index (Phi) is 3.94. The van der Waals surface area contributed by atoms with Crippen molar-refractivity contribution in [3.8, 4) is 0 Å². The molecule has 2 rings (SSSR count). The standard InChI is InChI=1S/C12H18F3N3/c1-18-6-5-11(17-18)8-16-10-4-2-3-9(7-10)12(13,14)15/h5-6,9-10,16H,2-4,7-8H2,1H3. The molecule has 3 nitrogen and oxygen atoms in total. The van der Waals surface area contributed by atoms with Crippen LogP contribution in [0.3, 0.4) is 0 Å². The van der Waals surface area contributed by atoms with Gasteiger partial charge in [0.05, 0.1) is 11.6 Å². The van der Waals surface area contributed by atoms with Crippen LogP contribution in [0.2, 0.25) is 0 Å². The molecule has 0 amide bonds. The Morgan fingerprint density at radius 2 is 2.22 bits per heavy atom. The van der Waals surface area contributed by atoms with E-state index in [1.54, 1.807) is 4.68 Å². The zero-order chi connectivity index (χ0) is 13.2. The molecule has 18 heavy (non-hydrogen) atoms. The lowest BCUT2D eigenvalue weighted by Gasteiger charge is -2.31. The molecule has 0 bridgehead atoms. The summed E-state index contributed by atoms with van der Waals surface area (Å²) in [5, 5.41) is 7.37. The minimum atomic E-state index is -4.05. The number of rotatable bonds is 3. The van der Waals surface area contributed by atoms with Crippen molar-refractivity contribution in [1.29, 1.82) is 0 Å². The second-order valence-corrected chi connectivity index (χ2v) is 4.96. The highest BCUT2D eigenvalue weighted by Gasteiger charge is 2.41. The van der Waals surface area contributed by atoms with Crippen molar-refractivity contribution >= 4 is 0 Å². The van der Waals surface area contributed by atoms with Gasteiger partial charge >= 0.3 is 6.18 Å². The van der Waals surface area contributed by atoms with Crippen LogP contribution in [0.1, 0.15) is 31.4 Å². The maximum absolute atomic E-state index is 12.6. The summed E-state index contributed by atoms with van der Waals surface area (Å²) in [6.45, 7) is 0.538. The van der Waals surface area contributed by atoms with E-state index in [-0.39, 0.29) is 18.9 Å². The Bertz CT molecular complexity index is 386. The van der Waals surface area contributed by atoms with Gasteiger partial charge in [-0.2, -0.15) is 18.3 Å². The number of nitrogens with zero attached hydrogens (tertiary/aromatic N) is 2. The minimum Gasteiger partial charge on any atom is -0.308 e. The fraction of sp³-hybridized carbons (Fsp3) is 0.750. The minimum absolute atomic E-state index is 0.0487. The first-order chi connectivity index (χ1) is 8.45. The number of aromatic nitrogens is 2. The Morgan fingerprint density at radius 1 is 1.44 bits per heavy atom. The molecule has 0 aromatic carbocycles. The molecular weight excluding hydrogens is 243 g/mol. The van der Waals surface area contributed by atoms with Gasteiger partial charge in [-0.25, -0.2) is 0 Å². The average molecular weight is 261 g/mol. The van der Waals surface area contributed by atoms with Crippen LogP contribution in [-0.4, -0.2) is 22.0 Å². The van der Waals surface area contributed by atoms with Crippen LogP contribution in [0.25, 0.3) is 0 Å². The molecule has 1 N–H and O–H groups in total. The largest absolute Gasteiger partial charge is 0.391 e. The average Bonchev–Trinajstić information content (AvgIpc) is 2.72. The van der Waals surface area contributed by atoms with Gasteiger partial charge in [0.25, 0.3) is 0 Å². The molecule has 6 heteroatoms. The van der Waals surface area contributed by atoms with E-state index in [1.165, 1.54) is 0 Å². The summed E-state index contributed by atoms with van der Waals surface area (Å²) < 4.78 is 39.6. The van der Waals surface area contributed by atoms with Gasteiger partial charge < -0.3 is 5.32 Å². The number of nitrogens with one attached hydrogen (secondary N) is 1. The fourth-order valence-electron chi connectivity index (χ4n) is 2.48. The summed E-state index contributed by atoms with van der Waals surface area (Å²) in [5.41, 5.74) is 0.867. The van der Waals surface area contributed by atoms with Crippen molar-refractivity contribution in [2.75, 3.05) is 0 Å². The van der Waals surface area contributed by atoms with Crippen LogP contribution in [-0.2, 0) is 13.6 Å². The lowest BCUT2D eigenvalue weighted by Crippen LogP contribution is -2.38. The molecule has 0 spiro atoms. The maximum atomic E-state index is 12.6. The molecule has 0 saturated heterocycles. The van der Waals surface area contributed by atoms with Gasteiger partial charge in [0.15, 0.2) is 0 Å². The summed E-state index contributed by atoms with van der Waals surface area (Å²) in [6, 6.07) is 1.82. The van der Waals surface area contributed by atoms with E-state index in [0.29, 0.717) is 13.0 Å². The van der Waals surface area contributed by atoms with Crippen LogP contribution >= 0.6 is 0 Å². The number of aryl methyl sites for hydroxylation is 1. The molecule has 1 saturated carbocycles.